The molecule has 10 heteroatoms. The Hall–Kier alpha value is -3.27. The first-order valence-electron chi connectivity index (χ1n) is 7.10. The van der Waals surface area contributed by atoms with Crippen molar-refractivity contribution in [2.75, 3.05) is 25.0 Å². The third-order valence-electron chi connectivity index (χ3n) is 3.19. The van der Waals surface area contributed by atoms with Gasteiger partial charge in [0.2, 0.25) is 5.13 Å². The lowest BCUT2D eigenvalue weighted by molar-refractivity contribution is -0.111. The van der Waals surface area contributed by atoms with Crippen molar-refractivity contribution in [2.24, 2.45) is 10.1 Å². The number of nitrogens with one attached hydrogen (secondary N) is 2. The Morgan fingerprint density at radius 1 is 1.24 bits per heavy atom. The number of hydrogen-bond donors (Lipinski definition) is 2. The minimum absolute atomic E-state index is 0.113. The summed E-state index contributed by atoms with van der Waals surface area (Å²) in [6.07, 6.45) is 3.04. The van der Waals surface area contributed by atoms with Gasteiger partial charge in [-0.05, 0) is 18.2 Å². The monoisotopic (exact) mass is 358 g/mol. The largest absolute Gasteiger partial charge is 0.493 e. The van der Waals surface area contributed by atoms with Crippen molar-refractivity contribution in [3.63, 3.8) is 0 Å². The Morgan fingerprint density at radius 2 is 2.12 bits per heavy atom. The molecule has 128 valence electrons. The molecule has 0 spiro atoms. The highest BCUT2D eigenvalue weighted by Gasteiger charge is 2.21. The second kappa shape index (κ2) is 7.53. The zero-order chi connectivity index (χ0) is 17.6. The fourth-order valence-electron chi connectivity index (χ4n) is 2.10. The van der Waals surface area contributed by atoms with Gasteiger partial charge in [-0.3, -0.25) is 10.2 Å². The molecule has 0 atom stereocenters. The van der Waals surface area contributed by atoms with E-state index in [2.05, 4.69) is 31.0 Å². The number of para-hydroxylation sites is 1. The lowest BCUT2D eigenvalue weighted by Crippen LogP contribution is -2.24. The zero-order valence-electron chi connectivity index (χ0n) is 13.4. The summed E-state index contributed by atoms with van der Waals surface area (Å²) < 4.78 is 10.7. The molecule has 9 nitrogen and oxygen atoms in total. The Bertz CT molecular complexity index is 860. The van der Waals surface area contributed by atoms with Gasteiger partial charge in [0.05, 0.1) is 25.6 Å². The van der Waals surface area contributed by atoms with Crippen LogP contribution in [0.4, 0.5) is 10.8 Å². The van der Waals surface area contributed by atoms with Crippen LogP contribution in [0, 0.1) is 0 Å². The van der Waals surface area contributed by atoms with Crippen LogP contribution in [0.1, 0.15) is 0 Å². The molecule has 2 N–H and O–H groups in total. The van der Waals surface area contributed by atoms with E-state index < -0.39 is 5.91 Å². The molecule has 1 aliphatic rings. The van der Waals surface area contributed by atoms with Crippen molar-refractivity contribution < 1.29 is 14.3 Å². The number of aliphatic imine (C=N–C) groups is 1. The highest BCUT2D eigenvalue weighted by Crippen LogP contribution is 2.35. The molecule has 0 aliphatic carbocycles. The van der Waals surface area contributed by atoms with Gasteiger partial charge in [-0.1, -0.05) is 17.4 Å². The van der Waals surface area contributed by atoms with Gasteiger partial charge in [0.1, 0.15) is 5.51 Å². The Labute approximate surface area is 147 Å². The minimum atomic E-state index is -0.483. The van der Waals surface area contributed by atoms with Gasteiger partial charge in [-0.25, -0.2) is 4.99 Å². The smallest absolute Gasteiger partial charge is 0.299 e. The fourth-order valence-corrected chi connectivity index (χ4v) is 2.49. The number of benzene rings is 1. The lowest BCUT2D eigenvalue weighted by atomic mass is 10.2. The van der Waals surface area contributed by atoms with E-state index in [4.69, 9.17) is 9.47 Å². The highest BCUT2D eigenvalue weighted by molar-refractivity contribution is 7.13. The summed E-state index contributed by atoms with van der Waals surface area (Å²) in [6.45, 7) is 0. The topological polar surface area (TPSA) is 110 Å². The van der Waals surface area contributed by atoms with Crippen molar-refractivity contribution in [1.82, 2.24) is 10.2 Å². The maximum Gasteiger partial charge on any atom is 0.299 e. The second-order valence-electron chi connectivity index (χ2n) is 4.65. The maximum atomic E-state index is 12.1. The maximum absolute atomic E-state index is 12.1. The number of hydrazone groups is 1. The van der Waals surface area contributed by atoms with Crippen molar-refractivity contribution in [2.45, 2.75) is 0 Å². The van der Waals surface area contributed by atoms with Crippen LogP contribution in [-0.4, -0.2) is 42.3 Å². The van der Waals surface area contributed by atoms with Crippen molar-refractivity contribution in [3.8, 4) is 11.5 Å². The summed E-state index contributed by atoms with van der Waals surface area (Å²) >= 11 is 1.26. The van der Waals surface area contributed by atoms with Gasteiger partial charge >= 0.3 is 0 Å². The molecule has 0 bridgehead atoms. The number of hydrogen-bond acceptors (Lipinski definition) is 9. The predicted octanol–water partition coefficient (Wildman–Crippen LogP) is 1.93. The third-order valence-corrected chi connectivity index (χ3v) is 3.78. The van der Waals surface area contributed by atoms with E-state index in [0.29, 0.717) is 28.0 Å². The van der Waals surface area contributed by atoms with Crippen LogP contribution in [0.3, 0.4) is 0 Å². The van der Waals surface area contributed by atoms with Gasteiger partial charge in [0.15, 0.2) is 17.2 Å². The Balaban J connectivity index is 1.89. The average molecular weight is 358 g/mol. The number of anilines is 2. The van der Waals surface area contributed by atoms with Crippen LogP contribution in [-0.2, 0) is 4.79 Å². The van der Waals surface area contributed by atoms with Gasteiger partial charge in [0.25, 0.3) is 5.91 Å². The van der Waals surface area contributed by atoms with Crippen LogP contribution in [0.5, 0.6) is 11.5 Å². The van der Waals surface area contributed by atoms with Crippen LogP contribution in [0.2, 0.25) is 0 Å². The molecule has 0 saturated carbocycles. The molecular formula is C15H14N6O3S. The van der Waals surface area contributed by atoms with Gasteiger partial charge < -0.3 is 14.8 Å². The number of carbonyl (C=O) groups is 1. The molecule has 2 heterocycles. The van der Waals surface area contributed by atoms with E-state index in [1.54, 1.807) is 36.9 Å². The number of rotatable bonds is 6. The first-order valence-corrected chi connectivity index (χ1v) is 7.98. The van der Waals surface area contributed by atoms with E-state index in [-0.39, 0.29) is 5.71 Å². The number of methoxy groups -OCH3 is 2. The van der Waals surface area contributed by atoms with E-state index in [1.807, 2.05) is 0 Å². The van der Waals surface area contributed by atoms with Crippen LogP contribution < -0.4 is 20.2 Å². The summed E-state index contributed by atoms with van der Waals surface area (Å²) in [5, 5.41) is 15.2. The van der Waals surface area contributed by atoms with Crippen molar-refractivity contribution >= 4 is 40.0 Å². The standard InChI is InChI=1S/C15H14N6O3S/c1-23-11-5-3-4-10(13(11)24-2)18-9-6-7-16-14(22)12(9)19-21-15-20-17-8-25-15/h3-8,18H,1-2H3,(H,20,21). The fraction of sp³-hybridized carbons (Fsp3) is 0.133. The quantitative estimate of drug-likeness (QED) is 0.759. The normalized spacial score (nSPS) is 15.0. The number of dihydropyridines is 1. The second-order valence-corrected chi connectivity index (χ2v) is 5.48. The molecule has 1 aromatic heterocycles. The molecular weight excluding hydrogens is 344 g/mol. The molecule has 3 rings (SSSR count). The van der Waals surface area contributed by atoms with Crippen LogP contribution in [0.15, 0.2) is 45.6 Å². The molecule has 25 heavy (non-hydrogen) atoms. The lowest BCUT2D eigenvalue weighted by Gasteiger charge is -2.17. The molecule has 0 radical (unpaired) electrons. The Morgan fingerprint density at radius 3 is 2.84 bits per heavy atom. The minimum Gasteiger partial charge on any atom is -0.493 e. The number of ether oxygens (including phenoxy) is 2. The van der Waals surface area contributed by atoms with Gasteiger partial charge in [0, 0.05) is 6.21 Å². The van der Waals surface area contributed by atoms with E-state index in [1.165, 1.54) is 24.7 Å². The zero-order valence-corrected chi connectivity index (χ0v) is 14.2. The van der Waals surface area contributed by atoms with E-state index in [9.17, 15) is 4.79 Å². The van der Waals surface area contributed by atoms with E-state index in [0.717, 1.165) is 0 Å². The Kier molecular flexibility index (Phi) is 5.00. The molecule has 1 aliphatic heterocycles. The predicted molar refractivity (Wildman–Crippen MR) is 95.7 cm³/mol. The first-order chi connectivity index (χ1) is 12.2. The summed E-state index contributed by atoms with van der Waals surface area (Å²) in [5.74, 6) is 0.593. The van der Waals surface area contributed by atoms with E-state index >= 15 is 0 Å². The molecule has 1 amide bonds. The van der Waals surface area contributed by atoms with Crippen molar-refractivity contribution in [1.29, 1.82) is 0 Å². The third kappa shape index (κ3) is 3.63. The summed E-state index contributed by atoms with van der Waals surface area (Å²) in [5.41, 5.74) is 5.45. The van der Waals surface area contributed by atoms with Crippen molar-refractivity contribution in [3.05, 3.63) is 35.5 Å². The number of allylic oxidation sites excluding steroid dienone is 1. The first kappa shape index (κ1) is 16.6. The molecule has 0 unspecified atom stereocenters. The van der Waals surface area contributed by atoms with Crippen LogP contribution in [0.25, 0.3) is 0 Å². The summed E-state index contributed by atoms with van der Waals surface area (Å²) in [6, 6.07) is 5.38. The number of aromatic nitrogens is 2. The van der Waals surface area contributed by atoms with Gasteiger partial charge in [-0.15, -0.1) is 10.2 Å². The summed E-state index contributed by atoms with van der Waals surface area (Å²) in [7, 11) is 3.09. The molecule has 0 saturated heterocycles. The molecule has 0 fully saturated rings. The average Bonchev–Trinajstić information content (AvgIpc) is 3.14. The van der Waals surface area contributed by atoms with Gasteiger partial charge in [-0.2, -0.15) is 5.10 Å². The number of amides is 1. The SMILES string of the molecule is COc1cccc(NC2=CC=NC(=O)C2=NNc2nncs2)c1OC. The number of carbonyl (C=O) groups excluding carboxylic acids is 1. The molecule has 1 aromatic carbocycles. The summed E-state index contributed by atoms with van der Waals surface area (Å²) in [4.78, 5) is 15.8. The highest BCUT2D eigenvalue weighted by atomic mass is 32.1. The number of nitrogens with zero attached hydrogens (tertiary/aromatic N) is 4. The van der Waals surface area contributed by atoms with Crippen LogP contribution >= 0.6 is 11.3 Å². The molecule has 2 aromatic rings.